The van der Waals surface area contributed by atoms with Crippen LogP contribution in [0.2, 0.25) is 0 Å². The Balaban J connectivity index is 1.48. The molecule has 0 spiro atoms. The van der Waals surface area contributed by atoms with Gasteiger partial charge in [0, 0.05) is 38.3 Å². The highest BCUT2D eigenvalue weighted by molar-refractivity contribution is 7.89. The fraction of sp³-hybridized carbons (Fsp3) is 1.00. The van der Waals surface area contributed by atoms with Crippen LogP contribution >= 0.6 is 0 Å². The number of sulfonamides is 1. The molecule has 0 aromatic rings. The van der Waals surface area contributed by atoms with Gasteiger partial charge in [0.05, 0.1) is 13.2 Å². The van der Waals surface area contributed by atoms with E-state index in [1.54, 1.807) is 4.31 Å². The van der Waals surface area contributed by atoms with Gasteiger partial charge in [0.15, 0.2) is 0 Å². The average Bonchev–Trinajstić information content (AvgIpc) is 2.45. The first kappa shape index (κ1) is 16.6. The van der Waals surface area contributed by atoms with Crippen molar-refractivity contribution >= 4 is 10.0 Å². The van der Waals surface area contributed by atoms with Crippen LogP contribution in [0.25, 0.3) is 0 Å². The Labute approximate surface area is 134 Å². The molecule has 3 heterocycles. The van der Waals surface area contributed by atoms with Gasteiger partial charge < -0.3 is 9.64 Å². The summed E-state index contributed by atoms with van der Waals surface area (Å²) in [6, 6.07) is 1.26. The second-order valence-electron chi connectivity index (χ2n) is 7.00. The number of rotatable bonds is 4. The van der Waals surface area contributed by atoms with Gasteiger partial charge in [-0.15, -0.1) is 0 Å². The van der Waals surface area contributed by atoms with Crippen LogP contribution in [0.3, 0.4) is 0 Å². The predicted molar refractivity (Wildman–Crippen MR) is 86.4 cm³/mol. The maximum absolute atomic E-state index is 12.4. The molecule has 0 bridgehead atoms. The molecule has 0 unspecified atom stereocenters. The number of nitrogens with zero attached hydrogens (tertiary/aromatic N) is 3. The van der Waals surface area contributed by atoms with Crippen molar-refractivity contribution in [2.45, 2.75) is 44.0 Å². The molecule has 22 heavy (non-hydrogen) atoms. The lowest BCUT2D eigenvalue weighted by atomic mass is 10.0. The van der Waals surface area contributed by atoms with Gasteiger partial charge in [-0.1, -0.05) is 0 Å². The maximum atomic E-state index is 12.4. The normalized spacial score (nSPS) is 28.1. The van der Waals surface area contributed by atoms with Crippen LogP contribution in [0.15, 0.2) is 0 Å². The fourth-order valence-corrected chi connectivity index (χ4v) is 5.32. The molecule has 3 fully saturated rings. The third-order valence-corrected chi connectivity index (χ3v) is 7.61. The molecule has 0 amide bonds. The number of piperazine rings is 1. The van der Waals surface area contributed by atoms with Gasteiger partial charge in [-0.2, -0.15) is 4.31 Å². The van der Waals surface area contributed by atoms with E-state index in [0.29, 0.717) is 38.4 Å². The van der Waals surface area contributed by atoms with E-state index in [9.17, 15) is 8.42 Å². The molecule has 0 atom stereocenters. The topological polar surface area (TPSA) is 53.1 Å². The first-order chi connectivity index (χ1) is 10.5. The Kier molecular flexibility index (Phi) is 5.09. The molecule has 0 saturated carbocycles. The highest BCUT2D eigenvalue weighted by Crippen LogP contribution is 2.22. The van der Waals surface area contributed by atoms with Crippen LogP contribution in [-0.4, -0.2) is 92.3 Å². The summed E-state index contributed by atoms with van der Waals surface area (Å²) in [7, 11) is -3.13. The van der Waals surface area contributed by atoms with E-state index >= 15 is 0 Å². The van der Waals surface area contributed by atoms with Crippen molar-refractivity contribution in [1.82, 2.24) is 14.1 Å². The summed E-state index contributed by atoms with van der Waals surface area (Å²) in [6.45, 7) is 10.6. The SMILES string of the molecule is CC(C)N1CCC(N2CCN(S(=O)(=O)C3COC3)CC2)CC1. The molecule has 3 rings (SSSR count). The summed E-state index contributed by atoms with van der Waals surface area (Å²) >= 11 is 0. The molecule has 6 nitrogen and oxygen atoms in total. The van der Waals surface area contributed by atoms with Crippen LogP contribution in [0.4, 0.5) is 0 Å². The van der Waals surface area contributed by atoms with E-state index in [1.807, 2.05) is 0 Å². The minimum absolute atomic E-state index is 0.298. The Morgan fingerprint density at radius 1 is 0.955 bits per heavy atom. The zero-order valence-corrected chi connectivity index (χ0v) is 14.6. The van der Waals surface area contributed by atoms with E-state index in [1.165, 1.54) is 25.9 Å². The molecule has 0 aromatic heterocycles. The minimum Gasteiger partial charge on any atom is -0.378 e. The molecule has 128 valence electrons. The summed E-state index contributed by atoms with van der Waals surface area (Å²) < 4.78 is 31.5. The third-order valence-electron chi connectivity index (χ3n) is 5.41. The van der Waals surface area contributed by atoms with Crippen LogP contribution in [0.5, 0.6) is 0 Å². The zero-order chi connectivity index (χ0) is 15.7. The van der Waals surface area contributed by atoms with Crippen molar-refractivity contribution in [2.24, 2.45) is 0 Å². The number of likely N-dealkylation sites (tertiary alicyclic amines) is 1. The summed E-state index contributed by atoms with van der Waals surface area (Å²) in [6.07, 6.45) is 2.42. The lowest BCUT2D eigenvalue weighted by molar-refractivity contribution is 0.0361. The summed E-state index contributed by atoms with van der Waals surface area (Å²) in [5.74, 6) is 0. The first-order valence-corrected chi connectivity index (χ1v) is 10.0. The molecule has 3 aliphatic heterocycles. The molecule has 7 heteroatoms. The van der Waals surface area contributed by atoms with E-state index in [0.717, 1.165) is 13.1 Å². The Bertz CT molecular complexity index is 462. The van der Waals surface area contributed by atoms with Crippen LogP contribution in [-0.2, 0) is 14.8 Å². The highest BCUT2D eigenvalue weighted by Gasteiger charge is 2.39. The molecule has 0 radical (unpaired) electrons. The molecule has 3 saturated heterocycles. The zero-order valence-electron chi connectivity index (χ0n) is 13.8. The number of ether oxygens (including phenoxy) is 1. The van der Waals surface area contributed by atoms with Crippen molar-refractivity contribution in [2.75, 3.05) is 52.5 Å². The Morgan fingerprint density at radius 2 is 1.55 bits per heavy atom. The summed E-state index contributed by atoms with van der Waals surface area (Å²) in [5.41, 5.74) is 0. The fourth-order valence-electron chi connectivity index (χ4n) is 3.69. The molecular formula is C15H29N3O3S. The van der Waals surface area contributed by atoms with E-state index in [-0.39, 0.29) is 5.25 Å². The second kappa shape index (κ2) is 6.73. The van der Waals surface area contributed by atoms with E-state index in [2.05, 4.69) is 23.6 Å². The molecule has 3 aliphatic rings. The summed E-state index contributed by atoms with van der Waals surface area (Å²) in [5, 5.41) is -0.298. The Hall–Kier alpha value is -0.210. The van der Waals surface area contributed by atoms with Gasteiger partial charge >= 0.3 is 0 Å². The van der Waals surface area contributed by atoms with Crippen molar-refractivity contribution < 1.29 is 13.2 Å². The predicted octanol–water partition coefficient (Wildman–Crippen LogP) is 0.205. The summed E-state index contributed by atoms with van der Waals surface area (Å²) in [4.78, 5) is 5.04. The van der Waals surface area contributed by atoms with E-state index < -0.39 is 10.0 Å². The number of hydrogen-bond acceptors (Lipinski definition) is 5. The van der Waals surface area contributed by atoms with Gasteiger partial charge in [-0.25, -0.2) is 8.42 Å². The van der Waals surface area contributed by atoms with Gasteiger partial charge in [-0.3, -0.25) is 4.90 Å². The molecule has 0 N–H and O–H groups in total. The Morgan fingerprint density at radius 3 is 2.00 bits per heavy atom. The maximum Gasteiger partial charge on any atom is 0.221 e. The lowest BCUT2D eigenvalue weighted by Crippen LogP contribution is -2.57. The van der Waals surface area contributed by atoms with Crippen LogP contribution in [0.1, 0.15) is 26.7 Å². The standard InChI is InChI=1S/C15H29N3O3S/c1-13(2)16-5-3-14(4-6-16)17-7-9-18(10-8-17)22(19,20)15-11-21-12-15/h13-15H,3-12H2,1-2H3. The minimum atomic E-state index is -3.13. The van der Waals surface area contributed by atoms with Crippen molar-refractivity contribution in [3.8, 4) is 0 Å². The van der Waals surface area contributed by atoms with Crippen molar-refractivity contribution in [3.63, 3.8) is 0 Å². The largest absolute Gasteiger partial charge is 0.378 e. The lowest BCUT2D eigenvalue weighted by Gasteiger charge is -2.44. The van der Waals surface area contributed by atoms with E-state index in [4.69, 9.17) is 4.74 Å². The quantitative estimate of drug-likeness (QED) is 0.737. The molecule has 0 aromatic carbocycles. The number of hydrogen-bond donors (Lipinski definition) is 0. The molecule has 0 aliphatic carbocycles. The van der Waals surface area contributed by atoms with Crippen LogP contribution < -0.4 is 0 Å². The van der Waals surface area contributed by atoms with Gasteiger partial charge in [0.2, 0.25) is 10.0 Å². The van der Waals surface area contributed by atoms with Crippen molar-refractivity contribution in [1.29, 1.82) is 0 Å². The van der Waals surface area contributed by atoms with Gasteiger partial charge in [-0.05, 0) is 39.8 Å². The first-order valence-electron chi connectivity index (χ1n) is 8.53. The average molecular weight is 331 g/mol. The van der Waals surface area contributed by atoms with Crippen LogP contribution in [0, 0.1) is 0 Å². The smallest absolute Gasteiger partial charge is 0.221 e. The highest BCUT2D eigenvalue weighted by atomic mass is 32.2. The molecular weight excluding hydrogens is 302 g/mol. The van der Waals surface area contributed by atoms with Gasteiger partial charge in [0.25, 0.3) is 0 Å². The third kappa shape index (κ3) is 3.33. The van der Waals surface area contributed by atoms with Crippen molar-refractivity contribution in [3.05, 3.63) is 0 Å². The van der Waals surface area contributed by atoms with Gasteiger partial charge in [0.1, 0.15) is 5.25 Å². The number of piperidine rings is 1. The second-order valence-corrected chi connectivity index (χ2v) is 9.21. The monoisotopic (exact) mass is 331 g/mol.